The Morgan fingerprint density at radius 2 is 1.42 bits per heavy atom. The average Bonchev–Trinajstić information content (AvgIpc) is 2.78. The molecule has 1 N–H and O–H groups in total. The largest absolute Gasteiger partial charge is 0.326 e. The molecule has 0 saturated carbocycles. The third kappa shape index (κ3) is 3.79. The second-order valence-corrected chi connectivity index (χ2v) is 10.3. The van der Waals surface area contributed by atoms with Gasteiger partial charge in [0.2, 0.25) is 5.91 Å². The van der Waals surface area contributed by atoms with Crippen molar-refractivity contribution in [2.24, 2.45) is 0 Å². The van der Waals surface area contributed by atoms with Gasteiger partial charge in [-0.2, -0.15) is 0 Å². The van der Waals surface area contributed by atoms with Gasteiger partial charge in [0.25, 0.3) is 0 Å². The number of halogens is 1. The van der Waals surface area contributed by atoms with Crippen LogP contribution in [0.15, 0.2) is 77.3 Å². The number of anilines is 1. The quantitative estimate of drug-likeness (QED) is 0.250. The van der Waals surface area contributed by atoms with E-state index in [0.29, 0.717) is 0 Å². The molecule has 1 aromatic heterocycles. The standard InChI is InChI=1S/C29H25BrN2O/c1-17(33)31-26-14-13-19(18-9-5-7-11-21(18)26)23-16-27(29(2,3)4)32-28-22-12-8-6-10-20(22)25(30)15-24(23)28/h5-16H,1-4H3,(H,31,33). The zero-order valence-corrected chi connectivity index (χ0v) is 20.7. The maximum Gasteiger partial charge on any atom is 0.221 e. The number of nitrogens with zero attached hydrogens (tertiary/aromatic N) is 1. The topological polar surface area (TPSA) is 42.0 Å². The Hall–Kier alpha value is -3.24. The summed E-state index contributed by atoms with van der Waals surface area (Å²) in [7, 11) is 0. The van der Waals surface area contributed by atoms with Crippen LogP contribution in [0.25, 0.3) is 43.6 Å². The Morgan fingerprint density at radius 1 is 0.788 bits per heavy atom. The number of carbonyl (C=O) groups is 1. The summed E-state index contributed by atoms with van der Waals surface area (Å²) in [5.74, 6) is -0.0762. The molecule has 1 amide bonds. The summed E-state index contributed by atoms with van der Waals surface area (Å²) in [6, 6.07) is 25.1. The highest BCUT2D eigenvalue weighted by atomic mass is 79.9. The van der Waals surface area contributed by atoms with Crippen molar-refractivity contribution in [2.75, 3.05) is 5.32 Å². The molecular weight excluding hydrogens is 472 g/mol. The van der Waals surface area contributed by atoms with Crippen molar-refractivity contribution in [3.8, 4) is 11.1 Å². The maximum atomic E-state index is 11.8. The number of benzene rings is 4. The molecular formula is C29H25BrN2O. The summed E-state index contributed by atoms with van der Waals surface area (Å²) >= 11 is 3.80. The lowest BCUT2D eigenvalue weighted by molar-refractivity contribution is -0.114. The van der Waals surface area contributed by atoms with Crippen molar-refractivity contribution in [1.82, 2.24) is 4.98 Å². The van der Waals surface area contributed by atoms with Gasteiger partial charge in [-0.05, 0) is 40.1 Å². The van der Waals surface area contributed by atoms with Gasteiger partial charge in [0, 0.05) is 44.4 Å². The van der Waals surface area contributed by atoms with Gasteiger partial charge in [-0.1, -0.05) is 91.3 Å². The lowest BCUT2D eigenvalue weighted by Crippen LogP contribution is -2.14. The fraction of sp³-hybridized carbons (Fsp3) is 0.172. The van der Waals surface area contributed by atoms with Gasteiger partial charge >= 0.3 is 0 Å². The lowest BCUT2D eigenvalue weighted by atomic mass is 9.87. The second-order valence-electron chi connectivity index (χ2n) is 9.49. The minimum Gasteiger partial charge on any atom is -0.326 e. The normalized spacial score (nSPS) is 11.9. The monoisotopic (exact) mass is 496 g/mol. The zero-order valence-electron chi connectivity index (χ0n) is 19.2. The van der Waals surface area contributed by atoms with Gasteiger partial charge in [0.1, 0.15) is 0 Å². The summed E-state index contributed by atoms with van der Waals surface area (Å²) in [5, 5.41) is 8.48. The number of carbonyl (C=O) groups excluding carboxylic acids is 1. The molecule has 5 aromatic rings. The van der Waals surface area contributed by atoms with Crippen LogP contribution in [0.1, 0.15) is 33.4 Å². The van der Waals surface area contributed by atoms with E-state index in [0.717, 1.165) is 59.4 Å². The molecule has 0 bridgehead atoms. The SMILES string of the molecule is CC(=O)Nc1ccc(-c2cc(C(C)(C)C)nc3c2cc(Br)c2ccccc23)c2ccccc12. The fourth-order valence-corrected chi connectivity index (χ4v) is 5.02. The molecule has 0 aliphatic carbocycles. The molecule has 0 atom stereocenters. The Morgan fingerprint density at radius 3 is 2.09 bits per heavy atom. The first-order chi connectivity index (χ1) is 15.7. The number of hydrogen-bond donors (Lipinski definition) is 1. The molecule has 0 fully saturated rings. The number of fused-ring (bicyclic) bond motifs is 4. The van der Waals surface area contributed by atoms with E-state index in [1.54, 1.807) is 0 Å². The van der Waals surface area contributed by atoms with E-state index in [-0.39, 0.29) is 11.3 Å². The van der Waals surface area contributed by atoms with Gasteiger partial charge in [-0.3, -0.25) is 9.78 Å². The Kier molecular flexibility index (Phi) is 5.21. The highest BCUT2D eigenvalue weighted by molar-refractivity contribution is 9.10. The van der Waals surface area contributed by atoms with Crippen molar-refractivity contribution in [3.05, 3.63) is 83.0 Å². The number of nitrogens with one attached hydrogen (secondary N) is 1. The van der Waals surface area contributed by atoms with Crippen molar-refractivity contribution in [1.29, 1.82) is 0 Å². The van der Waals surface area contributed by atoms with Crippen LogP contribution in [0, 0.1) is 0 Å². The lowest BCUT2D eigenvalue weighted by Gasteiger charge is -2.22. The van der Waals surface area contributed by atoms with Crippen LogP contribution in [-0.2, 0) is 10.2 Å². The van der Waals surface area contributed by atoms with Crippen LogP contribution in [0.4, 0.5) is 5.69 Å². The van der Waals surface area contributed by atoms with Gasteiger partial charge < -0.3 is 5.32 Å². The van der Waals surface area contributed by atoms with Gasteiger partial charge in [-0.25, -0.2) is 0 Å². The maximum absolute atomic E-state index is 11.8. The van der Waals surface area contributed by atoms with E-state index in [2.05, 4.69) is 96.6 Å². The van der Waals surface area contributed by atoms with Crippen molar-refractivity contribution < 1.29 is 4.79 Å². The highest BCUT2D eigenvalue weighted by Crippen LogP contribution is 2.41. The molecule has 33 heavy (non-hydrogen) atoms. The second kappa shape index (κ2) is 7.96. The van der Waals surface area contributed by atoms with Gasteiger partial charge in [0.15, 0.2) is 0 Å². The van der Waals surface area contributed by atoms with E-state index < -0.39 is 0 Å². The van der Waals surface area contributed by atoms with Crippen LogP contribution in [-0.4, -0.2) is 10.9 Å². The summed E-state index contributed by atoms with van der Waals surface area (Å²) in [6.45, 7) is 8.13. The molecule has 1 heterocycles. The van der Waals surface area contributed by atoms with Crippen LogP contribution < -0.4 is 5.32 Å². The Labute approximate surface area is 202 Å². The van der Waals surface area contributed by atoms with E-state index in [1.165, 1.54) is 6.92 Å². The summed E-state index contributed by atoms with van der Waals surface area (Å²) < 4.78 is 1.05. The molecule has 164 valence electrons. The minimum absolute atomic E-state index is 0.0762. The first-order valence-electron chi connectivity index (χ1n) is 11.1. The van der Waals surface area contributed by atoms with Crippen LogP contribution in [0.5, 0.6) is 0 Å². The number of amides is 1. The average molecular weight is 497 g/mol. The number of rotatable bonds is 2. The van der Waals surface area contributed by atoms with Crippen LogP contribution in [0.3, 0.4) is 0 Å². The Balaban J connectivity index is 1.93. The van der Waals surface area contributed by atoms with E-state index in [4.69, 9.17) is 4.98 Å². The molecule has 4 aromatic carbocycles. The van der Waals surface area contributed by atoms with Crippen LogP contribution in [0.2, 0.25) is 0 Å². The molecule has 0 saturated heterocycles. The highest BCUT2D eigenvalue weighted by Gasteiger charge is 2.21. The predicted octanol–water partition coefficient (Wildman–Crippen LogP) is 8.23. The fourth-order valence-electron chi connectivity index (χ4n) is 4.45. The minimum atomic E-state index is -0.108. The van der Waals surface area contributed by atoms with Gasteiger partial charge in [0.05, 0.1) is 5.52 Å². The first-order valence-corrected chi connectivity index (χ1v) is 11.9. The molecule has 4 heteroatoms. The van der Waals surface area contributed by atoms with Crippen molar-refractivity contribution >= 4 is 60.0 Å². The Bertz CT molecular complexity index is 1560. The van der Waals surface area contributed by atoms with E-state index in [1.807, 2.05) is 18.2 Å². The van der Waals surface area contributed by atoms with Crippen LogP contribution >= 0.6 is 15.9 Å². The summed E-state index contributed by atoms with van der Waals surface area (Å²) in [4.78, 5) is 16.9. The third-order valence-corrected chi connectivity index (χ3v) is 6.72. The molecule has 5 rings (SSSR count). The van der Waals surface area contributed by atoms with E-state index in [9.17, 15) is 4.79 Å². The summed E-state index contributed by atoms with van der Waals surface area (Å²) in [5.41, 5.74) is 5.03. The molecule has 3 nitrogen and oxygen atoms in total. The predicted molar refractivity (Wildman–Crippen MR) is 143 cm³/mol. The third-order valence-electron chi connectivity index (χ3n) is 6.06. The van der Waals surface area contributed by atoms with Crippen molar-refractivity contribution in [3.63, 3.8) is 0 Å². The first kappa shape index (κ1) is 21.6. The van der Waals surface area contributed by atoms with E-state index >= 15 is 0 Å². The number of aromatic nitrogens is 1. The molecule has 0 aliphatic heterocycles. The molecule has 0 unspecified atom stereocenters. The summed E-state index contributed by atoms with van der Waals surface area (Å²) in [6.07, 6.45) is 0. The molecule has 0 radical (unpaired) electrons. The smallest absolute Gasteiger partial charge is 0.221 e. The zero-order chi connectivity index (χ0) is 23.3. The molecule has 0 spiro atoms. The van der Waals surface area contributed by atoms with Gasteiger partial charge in [-0.15, -0.1) is 0 Å². The van der Waals surface area contributed by atoms with Crippen molar-refractivity contribution in [2.45, 2.75) is 33.1 Å². The molecule has 0 aliphatic rings. The number of hydrogen-bond acceptors (Lipinski definition) is 2. The number of pyridine rings is 1.